The average Bonchev–Trinajstić information content (AvgIpc) is 2.29. The second kappa shape index (κ2) is 5.22. The lowest BCUT2D eigenvalue weighted by molar-refractivity contribution is -0.143. The van der Waals surface area contributed by atoms with Crippen LogP contribution in [0.3, 0.4) is 0 Å². The Morgan fingerprint density at radius 2 is 2.25 bits per heavy atom. The summed E-state index contributed by atoms with van der Waals surface area (Å²) in [7, 11) is 1.32. The van der Waals surface area contributed by atoms with Crippen LogP contribution in [0.1, 0.15) is 10.4 Å². The minimum Gasteiger partial charge on any atom is -0.480 e. The number of nitrogens with zero attached hydrogens (tertiary/aromatic N) is 2. The van der Waals surface area contributed by atoms with Gasteiger partial charge in [-0.15, -0.1) is 0 Å². The number of carbonyl (C=O) groups excluding carboxylic acids is 1. The van der Waals surface area contributed by atoms with Gasteiger partial charge >= 0.3 is 5.97 Å². The Morgan fingerprint density at radius 3 is 2.69 bits per heavy atom. The monoisotopic (exact) mass is 224 g/mol. The van der Waals surface area contributed by atoms with Crippen LogP contribution in [0.15, 0.2) is 24.5 Å². The summed E-state index contributed by atoms with van der Waals surface area (Å²) in [5, 5.41) is 17.6. The van der Waals surface area contributed by atoms with E-state index in [4.69, 9.17) is 10.2 Å². The van der Waals surface area contributed by atoms with Gasteiger partial charge in [0.25, 0.3) is 5.91 Å². The molecule has 0 aromatic carbocycles. The Kier molecular flexibility index (Phi) is 3.96. The highest BCUT2D eigenvalue weighted by atomic mass is 16.4. The van der Waals surface area contributed by atoms with Crippen molar-refractivity contribution in [3.05, 3.63) is 30.1 Å². The molecule has 1 atom stereocenters. The second-order valence-electron chi connectivity index (χ2n) is 3.19. The number of aliphatic hydroxyl groups is 1. The molecule has 0 saturated carbocycles. The van der Waals surface area contributed by atoms with E-state index < -0.39 is 24.5 Å². The summed E-state index contributed by atoms with van der Waals surface area (Å²) in [5.41, 5.74) is 0.282. The number of carboxylic acid groups (broad SMARTS) is 1. The van der Waals surface area contributed by atoms with E-state index in [0.29, 0.717) is 0 Å². The van der Waals surface area contributed by atoms with E-state index in [9.17, 15) is 9.59 Å². The van der Waals surface area contributed by atoms with Gasteiger partial charge in [0.15, 0.2) is 6.04 Å². The number of hydrogen-bond acceptors (Lipinski definition) is 4. The lowest BCUT2D eigenvalue weighted by atomic mass is 10.2. The maximum Gasteiger partial charge on any atom is 0.328 e. The van der Waals surface area contributed by atoms with Gasteiger partial charge in [-0.1, -0.05) is 0 Å². The summed E-state index contributed by atoms with van der Waals surface area (Å²) in [5.74, 6) is -1.74. The highest BCUT2D eigenvalue weighted by molar-refractivity contribution is 5.96. The standard InChI is InChI=1S/C10H12N2O4/c1-12(8(6-13)10(15)16)9(14)7-3-2-4-11-5-7/h2-5,8,13H,6H2,1H3,(H,15,16). The van der Waals surface area contributed by atoms with Gasteiger partial charge in [0.1, 0.15) is 0 Å². The van der Waals surface area contributed by atoms with Crippen molar-refractivity contribution in [2.75, 3.05) is 13.7 Å². The Morgan fingerprint density at radius 1 is 1.56 bits per heavy atom. The first-order valence-electron chi connectivity index (χ1n) is 4.58. The highest BCUT2D eigenvalue weighted by Gasteiger charge is 2.26. The van der Waals surface area contributed by atoms with Crippen LogP contribution in [-0.4, -0.2) is 51.7 Å². The molecule has 6 nitrogen and oxygen atoms in total. The molecule has 1 unspecified atom stereocenters. The van der Waals surface area contributed by atoms with Crippen LogP contribution in [-0.2, 0) is 4.79 Å². The Labute approximate surface area is 92.1 Å². The molecule has 1 heterocycles. The predicted octanol–water partition coefficient (Wildman–Crippen LogP) is -0.401. The molecular weight excluding hydrogens is 212 g/mol. The maximum absolute atomic E-state index is 11.8. The van der Waals surface area contributed by atoms with E-state index in [-0.39, 0.29) is 5.56 Å². The van der Waals surface area contributed by atoms with E-state index in [1.54, 1.807) is 6.07 Å². The fourth-order valence-electron chi connectivity index (χ4n) is 1.20. The topological polar surface area (TPSA) is 90.7 Å². The molecule has 0 aliphatic carbocycles. The van der Waals surface area contributed by atoms with Gasteiger partial charge in [-0.3, -0.25) is 9.78 Å². The molecule has 0 aliphatic heterocycles. The smallest absolute Gasteiger partial charge is 0.328 e. The van der Waals surface area contributed by atoms with E-state index in [2.05, 4.69) is 4.98 Å². The molecule has 6 heteroatoms. The summed E-state index contributed by atoms with van der Waals surface area (Å²) in [6.45, 7) is -0.627. The summed E-state index contributed by atoms with van der Waals surface area (Å²) >= 11 is 0. The normalized spacial score (nSPS) is 11.9. The van der Waals surface area contributed by atoms with Gasteiger partial charge in [-0.2, -0.15) is 0 Å². The van der Waals surface area contributed by atoms with Gasteiger partial charge < -0.3 is 15.1 Å². The Bertz CT molecular complexity index is 380. The SMILES string of the molecule is CN(C(=O)c1cccnc1)C(CO)C(=O)O. The van der Waals surface area contributed by atoms with Crippen molar-refractivity contribution in [2.24, 2.45) is 0 Å². The molecule has 86 valence electrons. The zero-order valence-electron chi connectivity index (χ0n) is 8.70. The van der Waals surface area contributed by atoms with Gasteiger partial charge in [-0.05, 0) is 12.1 Å². The van der Waals surface area contributed by atoms with Crippen LogP contribution in [0.25, 0.3) is 0 Å². The van der Waals surface area contributed by atoms with Crippen molar-refractivity contribution in [1.82, 2.24) is 9.88 Å². The molecular formula is C10H12N2O4. The number of hydrogen-bond donors (Lipinski definition) is 2. The third kappa shape index (κ3) is 2.54. The van der Waals surface area contributed by atoms with Crippen LogP contribution in [0.2, 0.25) is 0 Å². The van der Waals surface area contributed by atoms with E-state index in [1.165, 1.54) is 25.5 Å². The number of aromatic nitrogens is 1. The molecule has 0 saturated heterocycles. The number of amides is 1. The average molecular weight is 224 g/mol. The Balaban J connectivity index is 2.86. The number of likely N-dealkylation sites (N-methyl/N-ethyl adjacent to an activating group) is 1. The van der Waals surface area contributed by atoms with Crippen molar-refractivity contribution in [3.63, 3.8) is 0 Å². The molecule has 0 aliphatic rings. The first-order valence-corrected chi connectivity index (χ1v) is 4.58. The number of carbonyl (C=O) groups is 2. The molecule has 0 fully saturated rings. The summed E-state index contributed by atoms with van der Waals surface area (Å²) in [4.78, 5) is 27.2. The molecule has 1 aromatic rings. The van der Waals surface area contributed by atoms with Gasteiger partial charge in [0, 0.05) is 19.4 Å². The number of aliphatic carboxylic acids is 1. The van der Waals surface area contributed by atoms with Gasteiger partial charge in [0.2, 0.25) is 0 Å². The van der Waals surface area contributed by atoms with Crippen LogP contribution in [0.4, 0.5) is 0 Å². The quantitative estimate of drug-likeness (QED) is 0.726. The molecule has 1 rings (SSSR count). The first kappa shape index (κ1) is 12.1. The molecule has 0 radical (unpaired) electrons. The number of rotatable bonds is 4. The Hall–Kier alpha value is -1.95. The van der Waals surface area contributed by atoms with Crippen molar-refractivity contribution in [1.29, 1.82) is 0 Å². The first-order chi connectivity index (χ1) is 7.57. The minimum atomic E-state index is -1.25. The third-order valence-corrected chi connectivity index (χ3v) is 2.15. The van der Waals surface area contributed by atoms with Gasteiger partial charge in [-0.25, -0.2) is 4.79 Å². The second-order valence-corrected chi connectivity index (χ2v) is 3.19. The fraction of sp³-hybridized carbons (Fsp3) is 0.300. The molecule has 1 aromatic heterocycles. The lowest BCUT2D eigenvalue weighted by Gasteiger charge is -2.22. The molecule has 0 spiro atoms. The van der Waals surface area contributed by atoms with Crippen LogP contribution < -0.4 is 0 Å². The molecule has 2 N–H and O–H groups in total. The summed E-state index contributed by atoms with van der Waals surface area (Å²) in [6.07, 6.45) is 2.85. The number of carboxylic acids is 1. The van der Waals surface area contributed by atoms with Crippen LogP contribution in [0.5, 0.6) is 0 Å². The molecule has 1 amide bonds. The minimum absolute atomic E-state index is 0.282. The van der Waals surface area contributed by atoms with E-state index >= 15 is 0 Å². The van der Waals surface area contributed by atoms with Crippen LogP contribution in [0, 0.1) is 0 Å². The molecule has 16 heavy (non-hydrogen) atoms. The summed E-state index contributed by atoms with van der Waals surface area (Å²) < 4.78 is 0. The number of aliphatic hydroxyl groups excluding tert-OH is 1. The van der Waals surface area contributed by atoms with Crippen molar-refractivity contribution >= 4 is 11.9 Å². The van der Waals surface area contributed by atoms with Crippen LogP contribution >= 0.6 is 0 Å². The van der Waals surface area contributed by atoms with Crippen molar-refractivity contribution in [2.45, 2.75) is 6.04 Å². The largest absolute Gasteiger partial charge is 0.480 e. The zero-order valence-corrected chi connectivity index (χ0v) is 8.70. The number of pyridine rings is 1. The third-order valence-electron chi connectivity index (χ3n) is 2.15. The lowest BCUT2D eigenvalue weighted by Crippen LogP contribution is -2.44. The predicted molar refractivity (Wildman–Crippen MR) is 54.8 cm³/mol. The van der Waals surface area contributed by atoms with E-state index in [1.807, 2.05) is 0 Å². The summed E-state index contributed by atoms with van der Waals surface area (Å²) in [6, 6.07) is 1.87. The maximum atomic E-state index is 11.8. The van der Waals surface area contributed by atoms with Crippen molar-refractivity contribution in [3.8, 4) is 0 Å². The van der Waals surface area contributed by atoms with Gasteiger partial charge in [0.05, 0.1) is 12.2 Å². The fourth-order valence-corrected chi connectivity index (χ4v) is 1.20. The van der Waals surface area contributed by atoms with E-state index in [0.717, 1.165) is 4.90 Å². The highest BCUT2D eigenvalue weighted by Crippen LogP contribution is 2.05. The molecule has 0 bridgehead atoms. The zero-order chi connectivity index (χ0) is 12.1. The van der Waals surface area contributed by atoms with Crippen molar-refractivity contribution < 1.29 is 19.8 Å².